The summed E-state index contributed by atoms with van der Waals surface area (Å²) in [6, 6.07) is 52.9. The van der Waals surface area contributed by atoms with Crippen LogP contribution < -0.4 is 0 Å². The lowest BCUT2D eigenvalue weighted by molar-refractivity contribution is 1.39. The fourth-order valence-electron chi connectivity index (χ4n) is 7.96. The van der Waals surface area contributed by atoms with Crippen LogP contribution in [0.2, 0.25) is 0 Å². The first-order chi connectivity index (χ1) is 23.6. The summed E-state index contributed by atoms with van der Waals surface area (Å²) in [6.07, 6.45) is 0. The smallest absolute Gasteiger partial charge is 0.0979 e. The summed E-state index contributed by atoms with van der Waals surface area (Å²) in [5.74, 6) is 0. The number of para-hydroxylation sites is 2. The Balaban J connectivity index is 1.16. The molecule has 48 heavy (non-hydrogen) atoms. The van der Waals surface area contributed by atoms with Gasteiger partial charge in [0, 0.05) is 10.8 Å². The van der Waals surface area contributed by atoms with E-state index in [1.165, 1.54) is 76.5 Å². The largest absolute Gasteiger partial charge is 0.244 e. The molecule has 10 aromatic rings. The normalized spacial score (nSPS) is 12.0. The fraction of sp³-hybridized carbons (Fsp3) is 0.0435. The second kappa shape index (κ2) is 10.2. The van der Waals surface area contributed by atoms with E-state index in [4.69, 9.17) is 9.97 Å². The molecule has 0 spiro atoms. The Morgan fingerprint density at radius 1 is 0.312 bits per heavy atom. The highest BCUT2D eigenvalue weighted by atomic mass is 14.8. The molecule has 0 unspecified atom stereocenters. The van der Waals surface area contributed by atoms with Crippen LogP contribution in [0.15, 0.2) is 146 Å². The molecule has 0 amide bonds. The Morgan fingerprint density at radius 2 is 0.667 bits per heavy atom. The van der Waals surface area contributed by atoms with Crippen LogP contribution in [0.4, 0.5) is 0 Å². The van der Waals surface area contributed by atoms with Crippen LogP contribution in [-0.2, 0) is 0 Å². The van der Waals surface area contributed by atoms with Crippen molar-refractivity contribution >= 4 is 75.9 Å². The number of rotatable bonds is 2. The number of aromatic nitrogens is 2. The monoisotopic (exact) mass is 610 g/mol. The molecule has 224 valence electrons. The van der Waals surface area contributed by atoms with Crippen molar-refractivity contribution < 1.29 is 0 Å². The van der Waals surface area contributed by atoms with Crippen LogP contribution in [0.25, 0.3) is 98.2 Å². The molecule has 1 aromatic heterocycles. The molecule has 0 aliphatic carbocycles. The highest BCUT2D eigenvalue weighted by Gasteiger charge is 2.16. The van der Waals surface area contributed by atoms with Gasteiger partial charge in [0.15, 0.2) is 0 Å². The number of hydrogen-bond acceptors (Lipinski definition) is 2. The first-order valence-electron chi connectivity index (χ1n) is 16.6. The van der Waals surface area contributed by atoms with Gasteiger partial charge in [-0.05, 0) is 115 Å². The number of hydrogen-bond donors (Lipinski definition) is 0. The zero-order valence-corrected chi connectivity index (χ0v) is 26.8. The topological polar surface area (TPSA) is 25.8 Å². The minimum Gasteiger partial charge on any atom is -0.244 e. The second-order valence-electron chi connectivity index (χ2n) is 13.0. The molecular formula is C46H30N2. The maximum absolute atomic E-state index is 5.19. The lowest BCUT2D eigenvalue weighted by atomic mass is 9.88. The molecule has 0 bridgehead atoms. The van der Waals surface area contributed by atoms with Gasteiger partial charge in [0.2, 0.25) is 0 Å². The lowest BCUT2D eigenvalue weighted by Gasteiger charge is -2.16. The van der Waals surface area contributed by atoms with Crippen molar-refractivity contribution in [3.05, 3.63) is 157 Å². The van der Waals surface area contributed by atoms with Gasteiger partial charge >= 0.3 is 0 Å². The highest BCUT2D eigenvalue weighted by Crippen LogP contribution is 2.41. The zero-order chi connectivity index (χ0) is 31.9. The van der Waals surface area contributed by atoms with Crippen LogP contribution in [0.3, 0.4) is 0 Å². The quantitative estimate of drug-likeness (QED) is 0.144. The molecule has 9 aromatic carbocycles. The van der Waals surface area contributed by atoms with Gasteiger partial charge in [-0.15, -0.1) is 0 Å². The van der Waals surface area contributed by atoms with E-state index in [9.17, 15) is 0 Å². The zero-order valence-electron chi connectivity index (χ0n) is 26.8. The molecule has 2 nitrogen and oxygen atoms in total. The summed E-state index contributed by atoms with van der Waals surface area (Å²) < 4.78 is 0. The summed E-state index contributed by atoms with van der Waals surface area (Å²) in [4.78, 5) is 10.3. The van der Waals surface area contributed by atoms with Gasteiger partial charge in [0.1, 0.15) is 0 Å². The number of fused-ring (bicyclic) bond motifs is 13. The van der Waals surface area contributed by atoms with Crippen molar-refractivity contribution in [1.29, 1.82) is 0 Å². The predicted molar refractivity (Wildman–Crippen MR) is 205 cm³/mol. The molecule has 0 N–H and O–H groups in total. The van der Waals surface area contributed by atoms with E-state index >= 15 is 0 Å². The first-order valence-corrected chi connectivity index (χ1v) is 16.6. The van der Waals surface area contributed by atoms with Gasteiger partial charge in [-0.25, -0.2) is 9.97 Å². The average Bonchev–Trinajstić information content (AvgIpc) is 3.15. The molecule has 0 saturated heterocycles. The summed E-state index contributed by atoms with van der Waals surface area (Å²) in [5, 5.41) is 12.5. The van der Waals surface area contributed by atoms with E-state index < -0.39 is 0 Å². The Kier molecular flexibility index (Phi) is 5.74. The van der Waals surface area contributed by atoms with Crippen molar-refractivity contribution in [2.75, 3.05) is 0 Å². The summed E-state index contributed by atoms with van der Waals surface area (Å²) in [7, 11) is 0. The molecule has 0 saturated carbocycles. The van der Waals surface area contributed by atoms with Gasteiger partial charge < -0.3 is 0 Å². The highest BCUT2D eigenvalue weighted by molar-refractivity contribution is 6.26. The minimum absolute atomic E-state index is 0.916. The minimum atomic E-state index is 0.916. The molecule has 0 atom stereocenters. The van der Waals surface area contributed by atoms with E-state index in [0.29, 0.717) is 0 Å². The van der Waals surface area contributed by atoms with Crippen molar-refractivity contribution in [2.45, 2.75) is 13.8 Å². The van der Waals surface area contributed by atoms with Crippen LogP contribution in [0.1, 0.15) is 11.1 Å². The van der Waals surface area contributed by atoms with Gasteiger partial charge in [0.25, 0.3) is 0 Å². The summed E-state index contributed by atoms with van der Waals surface area (Å²) in [6.45, 7) is 4.47. The number of aryl methyl sites for hydroxylation is 2. The van der Waals surface area contributed by atoms with Crippen LogP contribution in [0, 0.1) is 13.8 Å². The van der Waals surface area contributed by atoms with E-state index in [1.54, 1.807) is 0 Å². The van der Waals surface area contributed by atoms with Crippen LogP contribution >= 0.6 is 0 Å². The van der Waals surface area contributed by atoms with Crippen LogP contribution in [0.5, 0.6) is 0 Å². The van der Waals surface area contributed by atoms with Crippen molar-refractivity contribution in [2.24, 2.45) is 0 Å². The van der Waals surface area contributed by atoms with E-state index in [-0.39, 0.29) is 0 Å². The average molecular weight is 611 g/mol. The van der Waals surface area contributed by atoms with E-state index in [2.05, 4.69) is 141 Å². The third kappa shape index (κ3) is 3.93. The molecule has 1 heterocycles. The van der Waals surface area contributed by atoms with E-state index in [1.807, 2.05) is 18.2 Å². The Bertz CT molecular complexity index is 2940. The Morgan fingerprint density at radius 3 is 1.19 bits per heavy atom. The number of nitrogens with zero attached hydrogens (tertiary/aromatic N) is 2. The van der Waals surface area contributed by atoms with Crippen LogP contribution in [-0.4, -0.2) is 9.97 Å². The fourth-order valence-corrected chi connectivity index (χ4v) is 7.96. The SMILES string of the molecule is Cc1cc(-c2ccc3c4ccccc4c4nc5ccccc5nc4c3c2)c(C)cc1-c1ccc2c3ccccc3c3ccccc3c2c1. The second-order valence-corrected chi connectivity index (χ2v) is 13.0. The Hall–Kier alpha value is -6.12. The van der Waals surface area contributed by atoms with Gasteiger partial charge in [-0.3, -0.25) is 0 Å². The van der Waals surface area contributed by atoms with Gasteiger partial charge in [-0.1, -0.05) is 121 Å². The van der Waals surface area contributed by atoms with Crippen molar-refractivity contribution in [3.8, 4) is 22.3 Å². The first kappa shape index (κ1) is 27.0. The van der Waals surface area contributed by atoms with Gasteiger partial charge in [0.05, 0.1) is 22.1 Å². The third-order valence-electron chi connectivity index (χ3n) is 10.3. The molecule has 10 rings (SSSR count). The molecule has 2 heteroatoms. The summed E-state index contributed by atoms with van der Waals surface area (Å²) in [5.41, 5.74) is 11.2. The lowest BCUT2D eigenvalue weighted by Crippen LogP contribution is -1.93. The third-order valence-corrected chi connectivity index (χ3v) is 10.3. The number of benzene rings is 9. The summed E-state index contributed by atoms with van der Waals surface area (Å²) >= 11 is 0. The molecule has 0 aliphatic rings. The molecule has 0 radical (unpaired) electrons. The van der Waals surface area contributed by atoms with Crippen molar-refractivity contribution in [1.82, 2.24) is 9.97 Å². The van der Waals surface area contributed by atoms with E-state index in [0.717, 1.165) is 32.8 Å². The predicted octanol–water partition coefficient (Wildman–Crippen LogP) is 12.5. The molecule has 0 fully saturated rings. The molecular weight excluding hydrogens is 581 g/mol. The maximum atomic E-state index is 5.19. The Labute approximate surface area is 277 Å². The van der Waals surface area contributed by atoms with Gasteiger partial charge in [-0.2, -0.15) is 0 Å². The standard InChI is InChI=1S/C46H30N2/c1-27-24-40(28(2)23-39(27)29-19-21-36-33-13-4-3-11-31(33)32-12-5-6-15-35(32)41(36)25-29)30-20-22-37-34-14-7-8-16-38(34)45-46(42(37)26-30)48-44-18-10-9-17-43(44)47-45/h3-26H,1-2H3. The molecule has 0 aliphatic heterocycles. The van der Waals surface area contributed by atoms with Crippen molar-refractivity contribution in [3.63, 3.8) is 0 Å². The maximum Gasteiger partial charge on any atom is 0.0979 e.